The summed E-state index contributed by atoms with van der Waals surface area (Å²) in [4.78, 5) is 19.0. The first-order chi connectivity index (χ1) is 10.8. The van der Waals surface area contributed by atoms with Gasteiger partial charge in [0.1, 0.15) is 11.5 Å². The van der Waals surface area contributed by atoms with Crippen molar-refractivity contribution in [1.82, 2.24) is 14.8 Å². The van der Waals surface area contributed by atoms with Gasteiger partial charge in [-0.25, -0.2) is 4.98 Å². The van der Waals surface area contributed by atoms with Crippen molar-refractivity contribution in [3.8, 4) is 0 Å². The van der Waals surface area contributed by atoms with Crippen LogP contribution in [0.15, 0.2) is 30.6 Å². The van der Waals surface area contributed by atoms with Crippen LogP contribution in [0.2, 0.25) is 0 Å². The lowest BCUT2D eigenvalue weighted by atomic mass is 10.2. The van der Waals surface area contributed by atoms with Crippen LogP contribution in [-0.4, -0.2) is 40.3 Å². The van der Waals surface area contributed by atoms with Crippen molar-refractivity contribution in [2.45, 2.75) is 6.18 Å². The number of pyridine rings is 1. The van der Waals surface area contributed by atoms with Crippen LogP contribution in [0.3, 0.4) is 0 Å². The van der Waals surface area contributed by atoms with Crippen LogP contribution in [-0.2, 0) is 18.0 Å². The molecule has 2 aromatic heterocycles. The molecule has 0 atom stereocenters. The number of piperazine rings is 1. The number of nitrogens with zero attached hydrogens (tertiary/aromatic N) is 5. The van der Waals surface area contributed by atoms with Gasteiger partial charge >= 0.3 is 6.18 Å². The van der Waals surface area contributed by atoms with Crippen molar-refractivity contribution >= 4 is 17.4 Å². The molecule has 1 fully saturated rings. The molecule has 0 spiro atoms. The van der Waals surface area contributed by atoms with E-state index >= 15 is 0 Å². The third-order valence-corrected chi connectivity index (χ3v) is 3.57. The smallest absolute Gasteiger partial charge is 0.345 e. The number of amides is 1. The first-order valence-corrected chi connectivity index (χ1v) is 6.93. The molecule has 0 saturated carbocycles. The van der Waals surface area contributed by atoms with E-state index in [1.807, 2.05) is 0 Å². The third kappa shape index (κ3) is 3.13. The molecule has 9 heteroatoms. The van der Waals surface area contributed by atoms with E-state index < -0.39 is 11.9 Å². The Kier molecular flexibility index (Phi) is 3.70. The van der Waals surface area contributed by atoms with Crippen molar-refractivity contribution < 1.29 is 18.0 Å². The predicted molar refractivity (Wildman–Crippen MR) is 77.0 cm³/mol. The Morgan fingerprint density at radius 2 is 2.00 bits per heavy atom. The highest BCUT2D eigenvalue weighted by atomic mass is 19.4. The standard InChI is InChI=1S/C14H14F3N5O/c1-20-8-10(7-18-20)22-6-5-21(9-13(22)23)12-4-2-3-11(19-12)14(15,16)17/h2-4,7-8H,5-6,9H2,1H3. The Morgan fingerprint density at radius 1 is 1.22 bits per heavy atom. The molecule has 6 nitrogen and oxygen atoms in total. The minimum atomic E-state index is -4.50. The lowest BCUT2D eigenvalue weighted by molar-refractivity contribution is -0.141. The summed E-state index contributed by atoms with van der Waals surface area (Å²) in [6.07, 6.45) is -1.20. The highest BCUT2D eigenvalue weighted by Crippen LogP contribution is 2.29. The molecule has 3 heterocycles. The number of halogens is 3. The Morgan fingerprint density at radius 3 is 2.61 bits per heavy atom. The molecule has 1 aliphatic rings. The Hall–Kier alpha value is -2.58. The number of aromatic nitrogens is 3. The number of anilines is 2. The number of aryl methyl sites for hydroxylation is 1. The van der Waals surface area contributed by atoms with Crippen LogP contribution >= 0.6 is 0 Å². The fourth-order valence-corrected chi connectivity index (χ4v) is 2.45. The molecular weight excluding hydrogens is 311 g/mol. The number of carbonyl (C=O) groups excluding carboxylic acids is 1. The molecule has 0 unspecified atom stereocenters. The van der Waals surface area contributed by atoms with Gasteiger partial charge in [-0.2, -0.15) is 18.3 Å². The molecule has 1 aliphatic heterocycles. The highest BCUT2D eigenvalue weighted by Gasteiger charge is 2.33. The molecule has 1 amide bonds. The number of alkyl halides is 3. The molecular formula is C14H14F3N5O. The Labute approximate surface area is 130 Å². The minimum Gasteiger partial charge on any atom is -0.345 e. The van der Waals surface area contributed by atoms with Crippen LogP contribution in [0.5, 0.6) is 0 Å². The molecule has 0 bridgehead atoms. The van der Waals surface area contributed by atoms with Crippen LogP contribution < -0.4 is 9.80 Å². The summed E-state index contributed by atoms with van der Waals surface area (Å²) in [6.45, 7) is 0.737. The highest BCUT2D eigenvalue weighted by molar-refractivity contribution is 5.97. The lowest BCUT2D eigenvalue weighted by Crippen LogP contribution is -2.50. The summed E-state index contributed by atoms with van der Waals surface area (Å²) in [7, 11) is 1.75. The van der Waals surface area contributed by atoms with Gasteiger partial charge in [0.05, 0.1) is 18.4 Å². The maximum absolute atomic E-state index is 12.7. The van der Waals surface area contributed by atoms with Crippen molar-refractivity contribution in [3.63, 3.8) is 0 Å². The van der Waals surface area contributed by atoms with Crippen LogP contribution in [0.4, 0.5) is 24.7 Å². The summed E-state index contributed by atoms with van der Waals surface area (Å²) in [5, 5.41) is 4.01. The summed E-state index contributed by atoms with van der Waals surface area (Å²) >= 11 is 0. The minimum absolute atomic E-state index is 0.0246. The number of carbonyl (C=O) groups is 1. The second-order valence-corrected chi connectivity index (χ2v) is 5.22. The van der Waals surface area contributed by atoms with E-state index in [1.54, 1.807) is 33.9 Å². The Balaban J connectivity index is 1.76. The zero-order valence-corrected chi connectivity index (χ0v) is 12.3. The summed E-state index contributed by atoms with van der Waals surface area (Å²) in [6, 6.07) is 3.68. The van der Waals surface area contributed by atoms with Crippen LogP contribution in [0.1, 0.15) is 5.69 Å². The zero-order valence-electron chi connectivity index (χ0n) is 12.3. The quantitative estimate of drug-likeness (QED) is 0.843. The molecule has 0 radical (unpaired) electrons. The van der Waals surface area contributed by atoms with E-state index in [4.69, 9.17) is 0 Å². The molecule has 23 heavy (non-hydrogen) atoms. The van der Waals surface area contributed by atoms with E-state index in [-0.39, 0.29) is 18.3 Å². The van der Waals surface area contributed by atoms with Gasteiger partial charge in [0, 0.05) is 26.3 Å². The van der Waals surface area contributed by atoms with Gasteiger partial charge < -0.3 is 9.80 Å². The first kappa shape index (κ1) is 15.3. The lowest BCUT2D eigenvalue weighted by Gasteiger charge is -2.34. The fraction of sp³-hybridized carbons (Fsp3) is 0.357. The number of rotatable bonds is 2. The van der Waals surface area contributed by atoms with E-state index in [2.05, 4.69) is 10.1 Å². The topological polar surface area (TPSA) is 54.3 Å². The van der Waals surface area contributed by atoms with Gasteiger partial charge in [-0.1, -0.05) is 6.07 Å². The normalized spacial score (nSPS) is 16.1. The number of hydrogen-bond donors (Lipinski definition) is 0. The third-order valence-electron chi connectivity index (χ3n) is 3.57. The average molecular weight is 325 g/mol. The molecule has 122 valence electrons. The van der Waals surface area contributed by atoms with Gasteiger partial charge in [0.25, 0.3) is 0 Å². The number of hydrogen-bond acceptors (Lipinski definition) is 4. The SMILES string of the molecule is Cn1cc(N2CCN(c3cccc(C(F)(F)F)n3)CC2=O)cn1. The van der Waals surface area contributed by atoms with Gasteiger partial charge in [-0.15, -0.1) is 0 Å². The molecule has 0 aromatic carbocycles. The zero-order chi connectivity index (χ0) is 16.6. The maximum Gasteiger partial charge on any atom is 0.433 e. The fourth-order valence-electron chi connectivity index (χ4n) is 2.45. The van der Waals surface area contributed by atoms with E-state index in [9.17, 15) is 18.0 Å². The second-order valence-electron chi connectivity index (χ2n) is 5.22. The van der Waals surface area contributed by atoms with Crippen molar-refractivity contribution in [2.75, 3.05) is 29.4 Å². The maximum atomic E-state index is 12.7. The van der Waals surface area contributed by atoms with Gasteiger partial charge in [0.15, 0.2) is 0 Å². The van der Waals surface area contributed by atoms with Crippen molar-refractivity contribution in [3.05, 3.63) is 36.3 Å². The molecule has 0 aliphatic carbocycles. The van der Waals surface area contributed by atoms with E-state index in [1.165, 1.54) is 12.1 Å². The molecule has 3 rings (SSSR count). The monoisotopic (exact) mass is 325 g/mol. The van der Waals surface area contributed by atoms with Gasteiger partial charge in [-0.3, -0.25) is 9.48 Å². The van der Waals surface area contributed by atoms with Gasteiger partial charge in [-0.05, 0) is 12.1 Å². The van der Waals surface area contributed by atoms with Crippen LogP contribution in [0, 0.1) is 0 Å². The average Bonchev–Trinajstić information content (AvgIpc) is 2.93. The summed E-state index contributed by atoms with van der Waals surface area (Å²) in [5.41, 5.74) is -0.286. The van der Waals surface area contributed by atoms with E-state index in [0.29, 0.717) is 18.8 Å². The first-order valence-electron chi connectivity index (χ1n) is 6.93. The van der Waals surface area contributed by atoms with Crippen molar-refractivity contribution in [2.24, 2.45) is 7.05 Å². The predicted octanol–water partition coefficient (Wildman–Crippen LogP) is 1.69. The largest absolute Gasteiger partial charge is 0.433 e. The van der Waals surface area contributed by atoms with Gasteiger partial charge in [0.2, 0.25) is 5.91 Å². The van der Waals surface area contributed by atoms with E-state index in [0.717, 1.165) is 6.07 Å². The molecule has 0 N–H and O–H groups in total. The summed E-state index contributed by atoms with van der Waals surface area (Å²) < 4.78 is 39.8. The second kappa shape index (κ2) is 5.56. The summed E-state index contributed by atoms with van der Waals surface area (Å²) in [5.74, 6) is -0.0533. The molecule has 1 saturated heterocycles. The molecule has 2 aromatic rings. The Bertz CT molecular complexity index is 727. The van der Waals surface area contributed by atoms with Crippen molar-refractivity contribution in [1.29, 1.82) is 0 Å². The van der Waals surface area contributed by atoms with Crippen LogP contribution in [0.25, 0.3) is 0 Å².